The van der Waals surface area contributed by atoms with Crippen LogP contribution in [0.2, 0.25) is 0 Å². The highest BCUT2D eigenvalue weighted by Crippen LogP contribution is 2.32. The number of aliphatic hydroxyl groups is 1. The van der Waals surface area contributed by atoms with Crippen molar-refractivity contribution in [2.75, 3.05) is 18.0 Å². The Morgan fingerprint density at radius 1 is 1.17 bits per heavy atom. The summed E-state index contributed by atoms with van der Waals surface area (Å²) in [4.78, 5) is 15.5. The van der Waals surface area contributed by atoms with Crippen molar-refractivity contribution in [1.82, 2.24) is 15.1 Å². The summed E-state index contributed by atoms with van der Waals surface area (Å²) in [7, 11) is 0. The monoisotopic (exact) mass is 492 g/mol. The molecule has 1 aromatic heterocycles. The van der Waals surface area contributed by atoms with Gasteiger partial charge in [0.2, 0.25) is 11.8 Å². The molecule has 3 aromatic rings. The standard InChI is InChI=1S/C24H24F4N4O3/c1-14(2)21(33)31-11-17(12-31)22(34)32(18-6-4-3-5-7-18)13-16-9-8-15(10-19(16)25)20-29-30-23(35-20)24(26,27)28/h3-10,14,17,22,34H,11-13H2,1-2H3. The van der Waals surface area contributed by atoms with Gasteiger partial charge in [0, 0.05) is 48.3 Å². The van der Waals surface area contributed by atoms with E-state index in [1.165, 1.54) is 12.1 Å². The molecule has 0 saturated carbocycles. The summed E-state index contributed by atoms with van der Waals surface area (Å²) in [5, 5.41) is 17.4. The van der Waals surface area contributed by atoms with Crippen molar-refractivity contribution in [3.8, 4) is 11.5 Å². The number of alkyl halides is 3. The van der Waals surface area contributed by atoms with Crippen molar-refractivity contribution in [3.05, 3.63) is 65.8 Å². The molecule has 1 aliphatic heterocycles. The molecule has 1 N–H and O–H groups in total. The Balaban J connectivity index is 1.54. The van der Waals surface area contributed by atoms with Crippen molar-refractivity contribution >= 4 is 11.6 Å². The van der Waals surface area contributed by atoms with Crippen LogP contribution in [0.3, 0.4) is 0 Å². The van der Waals surface area contributed by atoms with Gasteiger partial charge in [0.1, 0.15) is 12.0 Å². The summed E-state index contributed by atoms with van der Waals surface area (Å²) in [5.74, 6) is -3.02. The quantitative estimate of drug-likeness (QED) is 0.391. The zero-order chi connectivity index (χ0) is 25.3. The second kappa shape index (κ2) is 9.65. The number of nitrogens with zero attached hydrogens (tertiary/aromatic N) is 4. The number of carbonyl (C=O) groups is 1. The molecule has 1 aliphatic rings. The Morgan fingerprint density at radius 2 is 1.86 bits per heavy atom. The summed E-state index contributed by atoms with van der Waals surface area (Å²) < 4.78 is 57.8. The maximum absolute atomic E-state index is 15.0. The molecular formula is C24H24F4N4O3. The van der Waals surface area contributed by atoms with E-state index in [1.54, 1.807) is 34.1 Å². The molecule has 1 fully saturated rings. The third-order valence-electron chi connectivity index (χ3n) is 5.85. The number of carbonyl (C=O) groups excluding carboxylic acids is 1. The first-order valence-corrected chi connectivity index (χ1v) is 11.0. The van der Waals surface area contributed by atoms with Gasteiger partial charge in [-0.15, -0.1) is 10.2 Å². The first-order chi connectivity index (χ1) is 16.5. The lowest BCUT2D eigenvalue weighted by atomic mass is 9.94. The highest BCUT2D eigenvalue weighted by atomic mass is 19.4. The number of para-hydroxylation sites is 1. The molecule has 1 unspecified atom stereocenters. The number of hydrogen-bond donors (Lipinski definition) is 1. The lowest BCUT2D eigenvalue weighted by Gasteiger charge is -2.46. The zero-order valence-electron chi connectivity index (χ0n) is 19.0. The number of anilines is 1. The Labute approximate surface area is 199 Å². The predicted molar refractivity (Wildman–Crippen MR) is 118 cm³/mol. The average Bonchev–Trinajstić information content (AvgIpc) is 3.28. The largest absolute Gasteiger partial charge is 0.470 e. The molecule has 35 heavy (non-hydrogen) atoms. The number of likely N-dealkylation sites (tertiary alicyclic amines) is 1. The summed E-state index contributed by atoms with van der Waals surface area (Å²) >= 11 is 0. The number of amides is 1. The Hall–Kier alpha value is -3.47. The van der Waals surface area contributed by atoms with Crippen molar-refractivity contribution in [1.29, 1.82) is 0 Å². The molecule has 0 aliphatic carbocycles. The number of halogens is 4. The summed E-state index contributed by atoms with van der Waals surface area (Å²) in [5.41, 5.74) is 0.869. The van der Waals surface area contributed by atoms with E-state index in [0.717, 1.165) is 6.07 Å². The summed E-state index contributed by atoms with van der Waals surface area (Å²) in [6.07, 6.45) is -5.79. The van der Waals surface area contributed by atoms with Gasteiger partial charge in [-0.05, 0) is 24.3 Å². The van der Waals surface area contributed by atoms with Crippen LogP contribution in [0, 0.1) is 17.7 Å². The number of aromatic nitrogens is 2. The molecule has 2 aromatic carbocycles. The lowest BCUT2D eigenvalue weighted by molar-refractivity contribution is -0.157. The third-order valence-corrected chi connectivity index (χ3v) is 5.85. The van der Waals surface area contributed by atoms with E-state index >= 15 is 0 Å². The van der Waals surface area contributed by atoms with Gasteiger partial charge in [0.05, 0.1) is 0 Å². The molecule has 0 bridgehead atoms. The van der Waals surface area contributed by atoms with Crippen LogP contribution in [0.15, 0.2) is 52.9 Å². The van der Waals surface area contributed by atoms with Crippen LogP contribution in [0.1, 0.15) is 25.3 Å². The van der Waals surface area contributed by atoms with E-state index in [9.17, 15) is 27.5 Å². The highest BCUT2D eigenvalue weighted by Gasteiger charge is 2.39. The van der Waals surface area contributed by atoms with E-state index < -0.39 is 30.0 Å². The van der Waals surface area contributed by atoms with Crippen molar-refractivity contribution in [3.63, 3.8) is 0 Å². The fourth-order valence-electron chi connectivity index (χ4n) is 3.90. The average molecular weight is 492 g/mol. The number of benzene rings is 2. The van der Waals surface area contributed by atoms with Crippen molar-refractivity contribution < 1.29 is 31.9 Å². The van der Waals surface area contributed by atoms with Crippen LogP contribution in [0.25, 0.3) is 11.5 Å². The molecule has 11 heteroatoms. The molecule has 186 valence electrons. The molecule has 7 nitrogen and oxygen atoms in total. The fourth-order valence-corrected chi connectivity index (χ4v) is 3.90. The van der Waals surface area contributed by atoms with E-state index in [4.69, 9.17) is 0 Å². The minimum Gasteiger partial charge on any atom is -0.413 e. The van der Waals surface area contributed by atoms with Crippen molar-refractivity contribution in [2.45, 2.75) is 32.8 Å². The first kappa shape index (κ1) is 24.6. The first-order valence-electron chi connectivity index (χ1n) is 11.0. The van der Waals surface area contributed by atoms with Crippen LogP contribution < -0.4 is 4.90 Å². The molecular weight excluding hydrogens is 468 g/mol. The Morgan fingerprint density at radius 3 is 2.43 bits per heavy atom. The third kappa shape index (κ3) is 5.29. The molecule has 1 saturated heterocycles. The van der Waals surface area contributed by atoms with E-state index in [1.807, 2.05) is 19.9 Å². The number of rotatable bonds is 7. The van der Waals surface area contributed by atoms with Gasteiger partial charge in [0.25, 0.3) is 0 Å². The van der Waals surface area contributed by atoms with Crippen LogP contribution in [-0.2, 0) is 17.5 Å². The van der Waals surface area contributed by atoms with Gasteiger partial charge in [-0.1, -0.05) is 38.1 Å². The van der Waals surface area contributed by atoms with Gasteiger partial charge in [-0.25, -0.2) is 4.39 Å². The van der Waals surface area contributed by atoms with Gasteiger partial charge in [-0.3, -0.25) is 4.79 Å². The van der Waals surface area contributed by atoms with E-state index in [0.29, 0.717) is 18.8 Å². The number of hydrogen-bond acceptors (Lipinski definition) is 6. The number of aliphatic hydroxyl groups excluding tert-OH is 1. The minimum absolute atomic E-state index is 0.00268. The van der Waals surface area contributed by atoms with Crippen LogP contribution in [0.5, 0.6) is 0 Å². The smallest absolute Gasteiger partial charge is 0.413 e. The zero-order valence-corrected chi connectivity index (χ0v) is 19.0. The Bertz CT molecular complexity index is 1180. The molecule has 1 amide bonds. The Kier molecular flexibility index (Phi) is 6.79. The van der Waals surface area contributed by atoms with Crippen molar-refractivity contribution in [2.24, 2.45) is 11.8 Å². The predicted octanol–water partition coefficient (Wildman–Crippen LogP) is 4.33. The molecule has 2 heterocycles. The highest BCUT2D eigenvalue weighted by molar-refractivity contribution is 5.79. The van der Waals surface area contributed by atoms with Gasteiger partial charge in [0.15, 0.2) is 0 Å². The lowest BCUT2D eigenvalue weighted by Crippen LogP contribution is -2.59. The van der Waals surface area contributed by atoms with Crippen LogP contribution in [0.4, 0.5) is 23.2 Å². The normalized spacial score (nSPS) is 15.3. The van der Waals surface area contributed by atoms with Gasteiger partial charge in [-0.2, -0.15) is 13.2 Å². The maximum atomic E-state index is 15.0. The van der Waals surface area contributed by atoms with Crippen LogP contribution >= 0.6 is 0 Å². The second-order valence-corrected chi connectivity index (χ2v) is 8.75. The SMILES string of the molecule is CC(C)C(=O)N1CC(C(O)N(Cc2ccc(-c3nnc(C(F)(F)F)o3)cc2F)c2ccccc2)C1. The fraction of sp³-hybridized carbons (Fsp3) is 0.375. The molecule has 0 radical (unpaired) electrons. The minimum atomic E-state index is -4.80. The molecule has 4 rings (SSSR count). The topological polar surface area (TPSA) is 82.7 Å². The summed E-state index contributed by atoms with van der Waals surface area (Å²) in [6, 6.07) is 12.8. The second-order valence-electron chi connectivity index (χ2n) is 8.75. The maximum Gasteiger partial charge on any atom is 0.470 e. The van der Waals surface area contributed by atoms with Gasteiger partial charge < -0.3 is 19.3 Å². The molecule has 0 spiro atoms. The summed E-state index contributed by atoms with van der Waals surface area (Å²) in [6.45, 7) is 4.40. The van der Waals surface area contributed by atoms with Gasteiger partial charge >= 0.3 is 12.1 Å². The van der Waals surface area contributed by atoms with Crippen LogP contribution in [-0.4, -0.2) is 45.4 Å². The molecule has 1 atom stereocenters. The van der Waals surface area contributed by atoms with E-state index in [2.05, 4.69) is 14.6 Å². The van der Waals surface area contributed by atoms with E-state index in [-0.39, 0.29) is 35.4 Å².